The van der Waals surface area contributed by atoms with Crippen LogP contribution in [-0.2, 0) is 0 Å². The number of fused-ring (bicyclic) bond motifs is 3. The van der Waals surface area contributed by atoms with Crippen LogP contribution in [0.25, 0.3) is 0 Å². The largest absolute Gasteiger partial charge is 0.310 e. The van der Waals surface area contributed by atoms with E-state index in [2.05, 4.69) is 59.9 Å². The monoisotopic (exact) mass is 249 g/mol. The zero-order chi connectivity index (χ0) is 12.7. The normalized spacial score (nSPS) is 28.7. The zero-order valence-electron chi connectivity index (χ0n) is 11.0. The standard InChI is InChI=1S/C18H19N/c1-2-7-13(8-3-1)17-14-9-4-5-10-15(14)18-16(17)11-6-12-19-18/h1-5,7-10,16-19H,6,11-12H2/t16-,17-,18+/m0/s1. The molecule has 19 heavy (non-hydrogen) atoms. The molecule has 96 valence electrons. The number of hydrogen-bond acceptors (Lipinski definition) is 1. The number of hydrogen-bond donors (Lipinski definition) is 1. The highest BCUT2D eigenvalue weighted by molar-refractivity contribution is 5.46. The van der Waals surface area contributed by atoms with Crippen molar-refractivity contribution in [2.45, 2.75) is 24.8 Å². The number of nitrogens with one attached hydrogen (secondary N) is 1. The minimum absolute atomic E-state index is 0.565. The van der Waals surface area contributed by atoms with Crippen molar-refractivity contribution >= 4 is 0 Å². The number of rotatable bonds is 1. The minimum atomic E-state index is 0.565. The topological polar surface area (TPSA) is 12.0 Å². The van der Waals surface area contributed by atoms with Gasteiger partial charge in [0.2, 0.25) is 0 Å². The molecule has 0 radical (unpaired) electrons. The van der Waals surface area contributed by atoms with Crippen molar-refractivity contribution in [1.29, 1.82) is 0 Å². The fraction of sp³-hybridized carbons (Fsp3) is 0.333. The summed E-state index contributed by atoms with van der Waals surface area (Å²) in [6.45, 7) is 1.16. The summed E-state index contributed by atoms with van der Waals surface area (Å²) in [5, 5.41) is 3.74. The first-order valence-electron chi connectivity index (χ1n) is 7.32. The van der Waals surface area contributed by atoms with Crippen LogP contribution in [0.3, 0.4) is 0 Å². The first-order chi connectivity index (χ1) is 9.45. The first kappa shape index (κ1) is 11.2. The summed E-state index contributed by atoms with van der Waals surface area (Å²) in [5.41, 5.74) is 4.55. The molecule has 2 aromatic rings. The Bertz CT molecular complexity index is 575. The van der Waals surface area contributed by atoms with Gasteiger partial charge in [0.05, 0.1) is 0 Å². The molecule has 1 aliphatic carbocycles. The van der Waals surface area contributed by atoms with E-state index in [0.29, 0.717) is 12.0 Å². The van der Waals surface area contributed by atoms with Crippen LogP contribution in [0.4, 0.5) is 0 Å². The SMILES string of the molecule is c1ccc([C@H]2c3ccccc3[C@H]3NCCC[C@@H]23)cc1. The third kappa shape index (κ3) is 1.73. The van der Waals surface area contributed by atoms with Crippen molar-refractivity contribution in [2.75, 3.05) is 6.54 Å². The Balaban J connectivity index is 1.85. The third-order valence-corrected chi connectivity index (χ3v) is 4.76. The van der Waals surface area contributed by atoms with E-state index in [4.69, 9.17) is 0 Å². The van der Waals surface area contributed by atoms with Gasteiger partial charge >= 0.3 is 0 Å². The second-order valence-electron chi connectivity index (χ2n) is 5.76. The number of piperidine rings is 1. The Morgan fingerprint density at radius 1 is 0.842 bits per heavy atom. The van der Waals surface area contributed by atoms with Crippen LogP contribution in [0.5, 0.6) is 0 Å². The van der Waals surface area contributed by atoms with Gasteiger partial charge in [0, 0.05) is 12.0 Å². The average molecular weight is 249 g/mol. The van der Waals surface area contributed by atoms with Gasteiger partial charge in [-0.15, -0.1) is 0 Å². The first-order valence-corrected chi connectivity index (χ1v) is 7.32. The molecule has 2 aromatic carbocycles. The molecule has 1 N–H and O–H groups in total. The third-order valence-electron chi connectivity index (χ3n) is 4.76. The predicted octanol–water partition coefficient (Wildman–Crippen LogP) is 3.87. The Morgan fingerprint density at radius 2 is 1.58 bits per heavy atom. The van der Waals surface area contributed by atoms with Crippen LogP contribution in [-0.4, -0.2) is 6.54 Å². The lowest BCUT2D eigenvalue weighted by Gasteiger charge is -2.31. The van der Waals surface area contributed by atoms with Crippen LogP contribution < -0.4 is 5.32 Å². The van der Waals surface area contributed by atoms with E-state index in [-0.39, 0.29) is 0 Å². The van der Waals surface area contributed by atoms with E-state index in [1.165, 1.54) is 29.5 Å². The maximum absolute atomic E-state index is 3.74. The second kappa shape index (κ2) is 4.50. The van der Waals surface area contributed by atoms with Gasteiger partial charge in [-0.05, 0) is 42.0 Å². The van der Waals surface area contributed by atoms with E-state index in [1.807, 2.05) is 0 Å². The van der Waals surface area contributed by atoms with Gasteiger partial charge in [0.1, 0.15) is 0 Å². The van der Waals surface area contributed by atoms with Crippen molar-refractivity contribution in [3.05, 3.63) is 71.3 Å². The molecule has 3 atom stereocenters. The van der Waals surface area contributed by atoms with Gasteiger partial charge in [-0.2, -0.15) is 0 Å². The van der Waals surface area contributed by atoms with E-state index in [0.717, 1.165) is 12.5 Å². The molecule has 1 heteroatoms. The van der Waals surface area contributed by atoms with Gasteiger partial charge in [-0.1, -0.05) is 54.6 Å². The maximum Gasteiger partial charge on any atom is 0.0360 e. The molecule has 1 saturated heterocycles. The molecule has 0 spiro atoms. The molecule has 2 aliphatic rings. The Labute approximate surface area is 114 Å². The smallest absolute Gasteiger partial charge is 0.0360 e. The van der Waals surface area contributed by atoms with Crippen molar-refractivity contribution < 1.29 is 0 Å². The van der Waals surface area contributed by atoms with E-state index < -0.39 is 0 Å². The lowest BCUT2D eigenvalue weighted by atomic mass is 9.80. The Kier molecular flexibility index (Phi) is 2.66. The molecule has 0 aromatic heterocycles. The molecule has 1 heterocycles. The molecule has 0 bridgehead atoms. The van der Waals surface area contributed by atoms with Crippen LogP contribution in [0.15, 0.2) is 54.6 Å². The summed E-state index contributed by atoms with van der Waals surface area (Å²) in [6, 6.07) is 20.6. The molecule has 1 fully saturated rings. The van der Waals surface area contributed by atoms with Crippen molar-refractivity contribution in [3.8, 4) is 0 Å². The summed E-state index contributed by atoms with van der Waals surface area (Å²) >= 11 is 0. The van der Waals surface area contributed by atoms with E-state index in [9.17, 15) is 0 Å². The molecule has 0 amide bonds. The highest BCUT2D eigenvalue weighted by atomic mass is 14.9. The average Bonchev–Trinajstić information content (AvgIpc) is 2.83. The molecular weight excluding hydrogens is 230 g/mol. The van der Waals surface area contributed by atoms with Crippen LogP contribution >= 0.6 is 0 Å². The van der Waals surface area contributed by atoms with Crippen molar-refractivity contribution in [2.24, 2.45) is 5.92 Å². The summed E-state index contributed by atoms with van der Waals surface area (Å²) in [5.74, 6) is 1.31. The van der Waals surface area contributed by atoms with Gasteiger partial charge in [0.15, 0.2) is 0 Å². The quantitative estimate of drug-likeness (QED) is 0.809. The fourth-order valence-electron chi connectivity index (χ4n) is 4.01. The number of benzene rings is 2. The van der Waals surface area contributed by atoms with Gasteiger partial charge in [-0.25, -0.2) is 0 Å². The minimum Gasteiger partial charge on any atom is -0.310 e. The second-order valence-corrected chi connectivity index (χ2v) is 5.76. The predicted molar refractivity (Wildman–Crippen MR) is 78.2 cm³/mol. The van der Waals surface area contributed by atoms with Crippen molar-refractivity contribution in [1.82, 2.24) is 5.32 Å². The van der Waals surface area contributed by atoms with Crippen molar-refractivity contribution in [3.63, 3.8) is 0 Å². The van der Waals surface area contributed by atoms with Crippen LogP contribution in [0, 0.1) is 5.92 Å². The Morgan fingerprint density at radius 3 is 2.42 bits per heavy atom. The van der Waals surface area contributed by atoms with Crippen LogP contribution in [0.2, 0.25) is 0 Å². The fourth-order valence-corrected chi connectivity index (χ4v) is 4.01. The molecule has 0 saturated carbocycles. The Hall–Kier alpha value is -1.60. The molecule has 1 nitrogen and oxygen atoms in total. The van der Waals surface area contributed by atoms with Gasteiger partial charge < -0.3 is 5.32 Å². The highest BCUT2D eigenvalue weighted by Crippen LogP contribution is 2.51. The molecular formula is C18H19N. The maximum atomic E-state index is 3.74. The molecule has 4 rings (SSSR count). The molecule has 1 aliphatic heterocycles. The summed E-state index contributed by atoms with van der Waals surface area (Å²) in [4.78, 5) is 0. The lowest BCUT2D eigenvalue weighted by molar-refractivity contribution is 0.287. The van der Waals surface area contributed by atoms with Gasteiger partial charge in [-0.3, -0.25) is 0 Å². The van der Waals surface area contributed by atoms with E-state index >= 15 is 0 Å². The van der Waals surface area contributed by atoms with E-state index in [1.54, 1.807) is 0 Å². The summed E-state index contributed by atoms with van der Waals surface area (Å²) < 4.78 is 0. The lowest BCUT2D eigenvalue weighted by Crippen LogP contribution is -2.32. The zero-order valence-corrected chi connectivity index (χ0v) is 11.0. The summed E-state index contributed by atoms with van der Waals surface area (Å²) in [7, 11) is 0. The highest BCUT2D eigenvalue weighted by Gasteiger charge is 2.41. The van der Waals surface area contributed by atoms with Gasteiger partial charge in [0.25, 0.3) is 0 Å². The van der Waals surface area contributed by atoms with Crippen LogP contribution in [0.1, 0.15) is 41.5 Å². The molecule has 0 unspecified atom stereocenters. The summed E-state index contributed by atoms with van der Waals surface area (Å²) in [6.07, 6.45) is 2.64.